The highest BCUT2D eigenvalue weighted by atomic mass is 79.9. The maximum absolute atomic E-state index is 12.5. The smallest absolute Gasteiger partial charge is 0.229 e. The lowest BCUT2D eigenvalue weighted by Crippen LogP contribution is -2.27. The number of halogens is 1. The molecular weight excluding hydrogens is 422 g/mol. The fourth-order valence-electron chi connectivity index (χ4n) is 2.30. The first-order valence-electron chi connectivity index (χ1n) is 8.71. The van der Waals surface area contributed by atoms with Crippen LogP contribution in [0.2, 0.25) is 0 Å². The van der Waals surface area contributed by atoms with Gasteiger partial charge in [-0.1, -0.05) is 36.7 Å². The highest BCUT2D eigenvalue weighted by Gasteiger charge is 2.21. The minimum Gasteiger partial charge on any atom is -0.326 e. The van der Waals surface area contributed by atoms with Crippen molar-refractivity contribution in [1.82, 2.24) is 20.2 Å². The van der Waals surface area contributed by atoms with E-state index in [2.05, 4.69) is 36.7 Å². The predicted molar refractivity (Wildman–Crippen MR) is 110 cm³/mol. The summed E-state index contributed by atoms with van der Waals surface area (Å²) in [7, 11) is 0. The summed E-state index contributed by atoms with van der Waals surface area (Å²) in [6.07, 6.45) is 0. The van der Waals surface area contributed by atoms with Crippen LogP contribution in [0, 0.1) is 5.41 Å². The molecule has 7 nitrogen and oxygen atoms in total. The van der Waals surface area contributed by atoms with Gasteiger partial charge in [0.1, 0.15) is 6.54 Å². The average molecular weight is 442 g/mol. The van der Waals surface area contributed by atoms with Crippen LogP contribution in [0.3, 0.4) is 0 Å². The summed E-state index contributed by atoms with van der Waals surface area (Å²) in [5.74, 6) is 0.229. The minimum atomic E-state index is -0.486. The minimum absolute atomic E-state index is 0.0166. The van der Waals surface area contributed by atoms with Gasteiger partial charge in [0.15, 0.2) is 5.78 Å². The first-order chi connectivity index (χ1) is 13.2. The lowest BCUT2D eigenvalue weighted by Gasteiger charge is -2.17. The van der Waals surface area contributed by atoms with E-state index in [4.69, 9.17) is 0 Å². The zero-order valence-corrected chi connectivity index (χ0v) is 17.4. The Morgan fingerprint density at radius 1 is 1.04 bits per heavy atom. The van der Waals surface area contributed by atoms with E-state index in [1.807, 2.05) is 45.0 Å². The molecule has 28 heavy (non-hydrogen) atoms. The van der Waals surface area contributed by atoms with Crippen LogP contribution in [0.4, 0.5) is 5.69 Å². The quantitative estimate of drug-likeness (QED) is 0.604. The second-order valence-electron chi connectivity index (χ2n) is 7.35. The van der Waals surface area contributed by atoms with Gasteiger partial charge in [-0.2, -0.15) is 4.80 Å². The number of amides is 1. The fourth-order valence-corrected chi connectivity index (χ4v) is 2.57. The highest BCUT2D eigenvalue weighted by Crippen LogP contribution is 2.19. The number of anilines is 1. The molecular formula is C20H20BrN5O2. The Morgan fingerprint density at radius 3 is 2.29 bits per heavy atom. The number of carbonyl (C=O) groups is 2. The van der Waals surface area contributed by atoms with Gasteiger partial charge in [-0.3, -0.25) is 9.59 Å². The highest BCUT2D eigenvalue weighted by molar-refractivity contribution is 9.10. The monoisotopic (exact) mass is 441 g/mol. The van der Waals surface area contributed by atoms with Crippen LogP contribution in [0.5, 0.6) is 0 Å². The standard InChI is InChI=1S/C20H20BrN5O2/c1-20(2,3)19(28)22-16-10-6-13(7-11-16)17(27)12-26-24-18(23-25-26)14-4-8-15(21)9-5-14/h4-11H,12H2,1-3H3,(H,22,28). The molecule has 144 valence electrons. The number of hydrogen-bond donors (Lipinski definition) is 1. The normalized spacial score (nSPS) is 11.3. The predicted octanol–water partition coefficient (Wildman–Crippen LogP) is 3.97. The SMILES string of the molecule is CC(C)(C)C(=O)Nc1ccc(C(=O)Cn2nnc(-c3ccc(Br)cc3)n2)cc1. The van der Waals surface area contributed by atoms with Crippen molar-refractivity contribution in [2.75, 3.05) is 5.32 Å². The number of nitrogens with one attached hydrogen (secondary N) is 1. The number of ketones is 1. The van der Waals surface area contributed by atoms with Crippen LogP contribution in [0.1, 0.15) is 31.1 Å². The van der Waals surface area contributed by atoms with Crippen molar-refractivity contribution in [3.05, 3.63) is 58.6 Å². The number of aromatic nitrogens is 4. The summed E-state index contributed by atoms with van der Waals surface area (Å²) < 4.78 is 0.959. The molecule has 3 rings (SSSR count). The van der Waals surface area contributed by atoms with E-state index in [1.54, 1.807) is 24.3 Å². The van der Waals surface area contributed by atoms with Gasteiger partial charge in [0.2, 0.25) is 11.7 Å². The van der Waals surface area contributed by atoms with Gasteiger partial charge >= 0.3 is 0 Å². The van der Waals surface area contributed by atoms with Crippen molar-refractivity contribution in [3.63, 3.8) is 0 Å². The molecule has 3 aromatic rings. The molecule has 2 aromatic carbocycles. The fraction of sp³-hybridized carbons (Fsp3) is 0.250. The Morgan fingerprint density at radius 2 is 1.68 bits per heavy atom. The van der Waals surface area contributed by atoms with Crippen LogP contribution in [0.15, 0.2) is 53.0 Å². The van der Waals surface area contributed by atoms with Gasteiger partial charge in [-0.25, -0.2) is 0 Å². The summed E-state index contributed by atoms with van der Waals surface area (Å²) in [4.78, 5) is 25.8. The summed E-state index contributed by atoms with van der Waals surface area (Å²) in [6.45, 7) is 5.51. The second-order valence-corrected chi connectivity index (χ2v) is 8.27. The largest absolute Gasteiger partial charge is 0.326 e. The Labute approximate surface area is 171 Å². The van der Waals surface area contributed by atoms with Crippen LogP contribution in [0.25, 0.3) is 11.4 Å². The lowest BCUT2D eigenvalue weighted by atomic mass is 9.95. The second kappa shape index (κ2) is 8.02. The number of benzene rings is 2. The Balaban J connectivity index is 1.65. The number of rotatable bonds is 5. The lowest BCUT2D eigenvalue weighted by molar-refractivity contribution is -0.123. The molecule has 0 aliphatic rings. The van der Waals surface area contributed by atoms with Crippen molar-refractivity contribution in [2.45, 2.75) is 27.3 Å². The van der Waals surface area contributed by atoms with Gasteiger partial charge < -0.3 is 5.32 Å². The molecule has 0 unspecified atom stereocenters. The van der Waals surface area contributed by atoms with Gasteiger partial charge in [0.05, 0.1) is 0 Å². The average Bonchev–Trinajstić information content (AvgIpc) is 3.10. The number of nitrogens with zero attached hydrogens (tertiary/aromatic N) is 4. The van der Waals surface area contributed by atoms with Crippen LogP contribution in [-0.2, 0) is 11.3 Å². The third-order valence-electron chi connectivity index (χ3n) is 3.99. The van der Waals surface area contributed by atoms with E-state index in [0.29, 0.717) is 17.1 Å². The third kappa shape index (κ3) is 4.89. The molecule has 0 fully saturated rings. The van der Waals surface area contributed by atoms with Crippen molar-refractivity contribution in [3.8, 4) is 11.4 Å². The molecule has 8 heteroatoms. The van der Waals surface area contributed by atoms with Crippen molar-refractivity contribution in [1.29, 1.82) is 0 Å². The zero-order valence-electron chi connectivity index (χ0n) is 15.8. The summed E-state index contributed by atoms with van der Waals surface area (Å²) in [5, 5.41) is 15.0. The molecule has 0 radical (unpaired) electrons. The summed E-state index contributed by atoms with van der Waals surface area (Å²) >= 11 is 3.38. The number of tetrazole rings is 1. The molecule has 0 saturated heterocycles. The zero-order chi connectivity index (χ0) is 20.3. The summed E-state index contributed by atoms with van der Waals surface area (Å²) in [6, 6.07) is 14.3. The van der Waals surface area contributed by atoms with E-state index >= 15 is 0 Å². The van der Waals surface area contributed by atoms with E-state index in [-0.39, 0.29) is 18.2 Å². The molecule has 1 heterocycles. The maximum atomic E-state index is 12.5. The van der Waals surface area contributed by atoms with Crippen molar-refractivity contribution < 1.29 is 9.59 Å². The molecule has 1 N–H and O–H groups in total. The molecule has 0 bridgehead atoms. The van der Waals surface area contributed by atoms with E-state index in [0.717, 1.165) is 10.0 Å². The molecule has 0 aliphatic heterocycles. The Hall–Kier alpha value is -2.87. The first-order valence-corrected chi connectivity index (χ1v) is 9.50. The molecule has 0 aliphatic carbocycles. The third-order valence-corrected chi connectivity index (χ3v) is 4.51. The molecule has 1 amide bonds. The van der Waals surface area contributed by atoms with Crippen molar-refractivity contribution in [2.24, 2.45) is 5.41 Å². The topological polar surface area (TPSA) is 89.8 Å². The molecule has 0 atom stereocenters. The molecule has 0 spiro atoms. The number of Topliss-reactive ketones (excluding diaryl/α,β-unsaturated/α-hetero) is 1. The van der Waals surface area contributed by atoms with E-state index < -0.39 is 5.41 Å². The molecule has 0 saturated carbocycles. The van der Waals surface area contributed by atoms with Crippen LogP contribution in [-0.4, -0.2) is 31.9 Å². The number of carbonyl (C=O) groups excluding carboxylic acids is 2. The van der Waals surface area contributed by atoms with Gasteiger partial charge in [0.25, 0.3) is 0 Å². The van der Waals surface area contributed by atoms with Gasteiger partial charge in [0, 0.05) is 26.7 Å². The maximum Gasteiger partial charge on any atom is 0.229 e. The Bertz CT molecular complexity index is 989. The van der Waals surface area contributed by atoms with E-state index in [9.17, 15) is 9.59 Å². The van der Waals surface area contributed by atoms with Gasteiger partial charge in [-0.05, 0) is 53.7 Å². The van der Waals surface area contributed by atoms with Crippen LogP contribution < -0.4 is 5.32 Å². The Kier molecular flexibility index (Phi) is 5.69. The molecule has 1 aromatic heterocycles. The van der Waals surface area contributed by atoms with Crippen LogP contribution >= 0.6 is 15.9 Å². The van der Waals surface area contributed by atoms with E-state index in [1.165, 1.54) is 4.80 Å². The van der Waals surface area contributed by atoms with Crippen molar-refractivity contribution >= 4 is 33.3 Å². The number of hydrogen-bond acceptors (Lipinski definition) is 5. The van der Waals surface area contributed by atoms with Gasteiger partial charge in [-0.15, -0.1) is 10.2 Å². The first kappa shape index (κ1) is 19.9. The summed E-state index contributed by atoms with van der Waals surface area (Å²) in [5.41, 5.74) is 1.49.